The number of nitrogens with one attached hydrogen (secondary N) is 1. The van der Waals surface area contributed by atoms with E-state index in [1.54, 1.807) is 11.1 Å². The van der Waals surface area contributed by atoms with Gasteiger partial charge in [0.2, 0.25) is 5.91 Å². The molecule has 2 aromatic heterocycles. The summed E-state index contributed by atoms with van der Waals surface area (Å²) in [6.45, 7) is 2.88. The van der Waals surface area contributed by atoms with E-state index in [-0.39, 0.29) is 11.9 Å². The number of aromatic nitrogens is 3. The fourth-order valence-electron chi connectivity index (χ4n) is 4.73. The highest BCUT2D eigenvalue weighted by Crippen LogP contribution is 2.33. The van der Waals surface area contributed by atoms with Crippen LogP contribution in [0.5, 0.6) is 11.5 Å². The van der Waals surface area contributed by atoms with E-state index in [1.165, 1.54) is 6.33 Å². The number of carbonyl (C=O) groups excluding carboxylic acids is 1. The van der Waals surface area contributed by atoms with Crippen LogP contribution < -0.4 is 14.8 Å². The lowest BCUT2D eigenvalue weighted by atomic mass is 10.0. The Morgan fingerprint density at radius 3 is 2.79 bits per heavy atom. The molecule has 1 atom stereocenters. The summed E-state index contributed by atoms with van der Waals surface area (Å²) in [5.41, 5.74) is 3.45. The number of aliphatic hydroxyl groups is 1. The van der Waals surface area contributed by atoms with Crippen LogP contribution in [0.15, 0.2) is 67.1 Å². The van der Waals surface area contributed by atoms with E-state index >= 15 is 0 Å². The number of benzene rings is 2. The summed E-state index contributed by atoms with van der Waals surface area (Å²) in [5, 5.41) is 13.5. The van der Waals surface area contributed by atoms with Crippen LogP contribution in [0.25, 0.3) is 10.9 Å². The maximum absolute atomic E-state index is 12.2. The van der Waals surface area contributed by atoms with Crippen LogP contribution in [0.3, 0.4) is 0 Å². The summed E-state index contributed by atoms with van der Waals surface area (Å²) in [6, 6.07) is 17.2. The van der Waals surface area contributed by atoms with Crippen molar-refractivity contribution in [3.8, 4) is 11.5 Å². The van der Waals surface area contributed by atoms with Gasteiger partial charge in [0.1, 0.15) is 43.5 Å². The molecule has 0 unspecified atom stereocenters. The molecule has 0 aliphatic carbocycles. The summed E-state index contributed by atoms with van der Waals surface area (Å²) in [7, 11) is 0. The first-order valence-corrected chi connectivity index (χ1v) is 12.8. The van der Waals surface area contributed by atoms with Crippen molar-refractivity contribution in [2.24, 2.45) is 0 Å². The molecule has 1 saturated heterocycles. The first-order valence-electron chi connectivity index (χ1n) is 12.8. The maximum Gasteiger partial charge on any atom is 0.248 e. The number of hydrogen-bond donors (Lipinski definition) is 2. The zero-order valence-corrected chi connectivity index (χ0v) is 21.3. The monoisotopic (exact) mass is 513 g/mol. The number of likely N-dealkylation sites (tertiary alicyclic amines) is 1. The number of hydrogen-bond acceptors (Lipinski definition) is 8. The van der Waals surface area contributed by atoms with Crippen molar-refractivity contribution in [2.45, 2.75) is 38.8 Å². The Bertz CT molecular complexity index is 1390. The van der Waals surface area contributed by atoms with Gasteiger partial charge in [0, 0.05) is 18.4 Å². The molecular weight excluding hydrogens is 482 g/mol. The third-order valence-electron chi connectivity index (χ3n) is 6.68. The molecule has 4 aromatic rings. The Labute approximate surface area is 221 Å². The Morgan fingerprint density at radius 2 is 1.97 bits per heavy atom. The lowest BCUT2D eigenvalue weighted by molar-refractivity contribution is -0.138. The lowest BCUT2D eigenvalue weighted by Crippen LogP contribution is -2.47. The molecule has 2 aromatic carbocycles. The highest BCUT2D eigenvalue weighted by Gasteiger charge is 2.27. The normalized spacial score (nSPS) is 15.3. The van der Waals surface area contributed by atoms with Gasteiger partial charge in [-0.25, -0.2) is 9.97 Å². The van der Waals surface area contributed by atoms with Crippen molar-refractivity contribution < 1.29 is 19.4 Å². The molecule has 0 radical (unpaired) electrons. The Kier molecular flexibility index (Phi) is 7.94. The van der Waals surface area contributed by atoms with Crippen LogP contribution in [-0.2, 0) is 11.4 Å². The number of piperidine rings is 1. The number of aliphatic hydroxyl groups excluding tert-OH is 1. The van der Waals surface area contributed by atoms with Gasteiger partial charge in [-0.1, -0.05) is 12.1 Å². The largest absolute Gasteiger partial charge is 0.491 e. The Balaban J connectivity index is 1.33. The van der Waals surface area contributed by atoms with Crippen LogP contribution in [0.1, 0.15) is 30.5 Å². The highest BCUT2D eigenvalue weighted by atomic mass is 16.5. The number of amides is 1. The molecule has 0 bridgehead atoms. The molecular formula is C29H31N5O4. The smallest absolute Gasteiger partial charge is 0.248 e. The topological polar surface area (TPSA) is 110 Å². The quantitative estimate of drug-likeness (QED) is 0.339. The highest BCUT2D eigenvalue weighted by molar-refractivity contribution is 5.95. The number of carbonyl (C=O) groups is 1. The third-order valence-corrected chi connectivity index (χ3v) is 6.68. The van der Waals surface area contributed by atoms with Crippen molar-refractivity contribution in [1.29, 1.82) is 0 Å². The average Bonchev–Trinajstić information content (AvgIpc) is 2.96. The molecule has 5 rings (SSSR count). The second kappa shape index (κ2) is 11.9. The molecule has 1 aliphatic heterocycles. The standard InChI is InChI=1S/C29H31N5O4/c1-20-15-21(11-12-25(20)37-17-22-7-2-4-13-30-22)33-29-28-24(31-19-32-29)9-6-10-26(28)38-18-23-8-3-5-14-34(23)27(36)16-35/h2,4,6-7,9-13,15,19,23,35H,3,5,8,14,16-18H2,1H3,(H,31,32,33)/t23-/m1/s1. The van der Waals surface area contributed by atoms with Crippen molar-refractivity contribution >= 4 is 28.3 Å². The number of aryl methyl sites for hydroxylation is 1. The molecule has 196 valence electrons. The molecule has 2 N–H and O–H groups in total. The van der Waals surface area contributed by atoms with Gasteiger partial charge in [-0.2, -0.15) is 0 Å². The number of anilines is 2. The van der Waals surface area contributed by atoms with Crippen LogP contribution in [0.4, 0.5) is 11.5 Å². The summed E-state index contributed by atoms with van der Waals surface area (Å²) in [6.07, 6.45) is 6.07. The number of nitrogens with zero attached hydrogens (tertiary/aromatic N) is 4. The van der Waals surface area contributed by atoms with Crippen LogP contribution in [0, 0.1) is 6.92 Å². The second-order valence-corrected chi connectivity index (χ2v) is 9.29. The molecule has 9 heteroatoms. The van der Waals surface area contributed by atoms with Gasteiger partial charge in [0.15, 0.2) is 0 Å². The molecule has 0 spiro atoms. The summed E-state index contributed by atoms with van der Waals surface area (Å²) < 4.78 is 12.2. The number of pyridine rings is 1. The summed E-state index contributed by atoms with van der Waals surface area (Å²) in [5.74, 6) is 1.79. The third kappa shape index (κ3) is 5.84. The van der Waals surface area contributed by atoms with Gasteiger partial charge in [0.05, 0.1) is 22.6 Å². The predicted octanol–water partition coefficient (Wildman–Crippen LogP) is 4.41. The van der Waals surface area contributed by atoms with Gasteiger partial charge >= 0.3 is 0 Å². The summed E-state index contributed by atoms with van der Waals surface area (Å²) >= 11 is 0. The first-order chi connectivity index (χ1) is 18.6. The van der Waals surface area contributed by atoms with Crippen molar-refractivity contribution in [3.63, 3.8) is 0 Å². The van der Waals surface area contributed by atoms with Gasteiger partial charge in [-0.05, 0) is 74.2 Å². The van der Waals surface area contributed by atoms with E-state index in [4.69, 9.17) is 9.47 Å². The van der Waals surface area contributed by atoms with E-state index in [0.717, 1.165) is 52.9 Å². The van der Waals surface area contributed by atoms with Gasteiger partial charge in [-0.3, -0.25) is 9.78 Å². The number of fused-ring (bicyclic) bond motifs is 1. The van der Waals surface area contributed by atoms with E-state index in [0.29, 0.717) is 31.3 Å². The van der Waals surface area contributed by atoms with Crippen LogP contribution >= 0.6 is 0 Å². The first kappa shape index (κ1) is 25.4. The predicted molar refractivity (Wildman–Crippen MR) is 145 cm³/mol. The van der Waals surface area contributed by atoms with Crippen molar-refractivity contribution in [1.82, 2.24) is 19.9 Å². The molecule has 38 heavy (non-hydrogen) atoms. The van der Waals surface area contributed by atoms with Crippen molar-refractivity contribution in [3.05, 3.63) is 78.4 Å². The second-order valence-electron chi connectivity index (χ2n) is 9.29. The van der Waals surface area contributed by atoms with Crippen molar-refractivity contribution in [2.75, 3.05) is 25.1 Å². The summed E-state index contributed by atoms with van der Waals surface area (Å²) in [4.78, 5) is 27.2. The molecule has 0 saturated carbocycles. The van der Waals surface area contributed by atoms with Crippen LogP contribution in [-0.4, -0.2) is 56.7 Å². The van der Waals surface area contributed by atoms with Gasteiger partial charge in [-0.15, -0.1) is 0 Å². The van der Waals surface area contributed by atoms with Gasteiger partial charge in [0.25, 0.3) is 0 Å². The van der Waals surface area contributed by atoms with E-state index in [1.807, 2.05) is 61.5 Å². The number of rotatable bonds is 9. The lowest BCUT2D eigenvalue weighted by Gasteiger charge is -2.35. The number of ether oxygens (including phenoxy) is 2. The SMILES string of the molecule is Cc1cc(Nc2ncnc3cccc(OC[C@H]4CCCCN4C(=O)CO)c23)ccc1OCc1ccccn1. The molecule has 1 amide bonds. The minimum absolute atomic E-state index is 0.0824. The van der Waals surface area contributed by atoms with Crippen LogP contribution in [0.2, 0.25) is 0 Å². The molecule has 1 aliphatic rings. The maximum atomic E-state index is 12.2. The van der Waals surface area contributed by atoms with E-state index in [2.05, 4.69) is 20.3 Å². The average molecular weight is 514 g/mol. The van der Waals surface area contributed by atoms with E-state index in [9.17, 15) is 9.90 Å². The minimum Gasteiger partial charge on any atom is -0.491 e. The Morgan fingerprint density at radius 1 is 1.05 bits per heavy atom. The molecule has 9 nitrogen and oxygen atoms in total. The zero-order valence-electron chi connectivity index (χ0n) is 21.3. The molecule has 1 fully saturated rings. The Hall–Kier alpha value is -4.24. The van der Waals surface area contributed by atoms with E-state index < -0.39 is 6.61 Å². The van der Waals surface area contributed by atoms with Gasteiger partial charge < -0.3 is 24.8 Å². The minimum atomic E-state index is -0.487. The zero-order chi connectivity index (χ0) is 26.3. The fourth-order valence-corrected chi connectivity index (χ4v) is 4.73. The molecule has 3 heterocycles. The fraction of sp³-hybridized carbons (Fsp3) is 0.310.